The van der Waals surface area contributed by atoms with E-state index in [0.717, 1.165) is 30.6 Å². The van der Waals surface area contributed by atoms with Crippen molar-refractivity contribution in [3.8, 4) is 0 Å². The van der Waals surface area contributed by atoms with Gasteiger partial charge in [-0.3, -0.25) is 4.90 Å². The Labute approximate surface area is 107 Å². The molecule has 0 bridgehead atoms. The van der Waals surface area contributed by atoms with Gasteiger partial charge in [0, 0.05) is 37.2 Å². The third kappa shape index (κ3) is 3.14. The van der Waals surface area contributed by atoms with E-state index in [9.17, 15) is 0 Å². The third-order valence-electron chi connectivity index (χ3n) is 3.00. The van der Waals surface area contributed by atoms with Crippen molar-refractivity contribution < 1.29 is 0 Å². The molecule has 6 heteroatoms. The van der Waals surface area contributed by atoms with Crippen LogP contribution in [0.2, 0.25) is 0 Å². The first-order chi connectivity index (χ1) is 8.06. The van der Waals surface area contributed by atoms with Crippen molar-refractivity contribution in [2.45, 2.75) is 25.9 Å². The highest BCUT2D eigenvalue weighted by molar-refractivity contribution is 7.09. The number of piperazine rings is 1. The standard InChI is InChI=1S/C11H21N5S/c1-8(2)12-11-13-10(14-17-11)9-7-15(3)5-6-16(9)4/h8-9H,5-7H2,1-4H3,(H,12,13,14). The normalized spacial score (nSPS) is 23.2. The average Bonchev–Trinajstić information content (AvgIpc) is 2.69. The van der Waals surface area contributed by atoms with Gasteiger partial charge in [-0.05, 0) is 27.9 Å². The second-order valence-corrected chi connectivity index (χ2v) is 5.77. The summed E-state index contributed by atoms with van der Waals surface area (Å²) in [4.78, 5) is 9.26. The topological polar surface area (TPSA) is 44.3 Å². The average molecular weight is 255 g/mol. The van der Waals surface area contributed by atoms with Crippen LogP contribution in [-0.4, -0.2) is 58.9 Å². The number of hydrogen-bond donors (Lipinski definition) is 1. The number of aromatic nitrogens is 2. The van der Waals surface area contributed by atoms with E-state index in [2.05, 4.69) is 52.4 Å². The van der Waals surface area contributed by atoms with Gasteiger partial charge in [0.15, 0.2) is 5.82 Å². The fourth-order valence-corrected chi connectivity index (χ4v) is 2.73. The van der Waals surface area contributed by atoms with Crippen LogP contribution in [0.5, 0.6) is 0 Å². The van der Waals surface area contributed by atoms with Crippen LogP contribution in [0.1, 0.15) is 25.7 Å². The zero-order valence-corrected chi connectivity index (χ0v) is 11.8. The fourth-order valence-electron chi connectivity index (χ4n) is 1.96. The van der Waals surface area contributed by atoms with E-state index < -0.39 is 0 Å². The Bertz CT molecular complexity index is 364. The highest BCUT2D eigenvalue weighted by Gasteiger charge is 2.27. The van der Waals surface area contributed by atoms with Crippen molar-refractivity contribution in [1.82, 2.24) is 19.2 Å². The number of anilines is 1. The first kappa shape index (κ1) is 12.7. The molecule has 1 atom stereocenters. The first-order valence-electron chi connectivity index (χ1n) is 6.05. The van der Waals surface area contributed by atoms with Crippen LogP contribution >= 0.6 is 11.5 Å². The maximum absolute atomic E-state index is 4.59. The fraction of sp³-hybridized carbons (Fsp3) is 0.818. The predicted octanol–water partition coefficient (Wildman–Crippen LogP) is 1.28. The smallest absolute Gasteiger partial charge is 0.202 e. The summed E-state index contributed by atoms with van der Waals surface area (Å²) < 4.78 is 4.48. The SMILES string of the molecule is CC(C)Nc1nc(C2CN(C)CCN2C)ns1. The number of rotatable bonds is 3. The largest absolute Gasteiger partial charge is 0.358 e. The minimum absolute atomic E-state index is 0.327. The minimum Gasteiger partial charge on any atom is -0.358 e. The quantitative estimate of drug-likeness (QED) is 0.881. The van der Waals surface area contributed by atoms with Gasteiger partial charge in [0.25, 0.3) is 0 Å². The van der Waals surface area contributed by atoms with Gasteiger partial charge >= 0.3 is 0 Å². The Hall–Kier alpha value is -0.720. The van der Waals surface area contributed by atoms with E-state index in [1.807, 2.05) is 0 Å². The number of hydrogen-bond acceptors (Lipinski definition) is 6. The lowest BCUT2D eigenvalue weighted by Gasteiger charge is -2.36. The lowest BCUT2D eigenvalue weighted by Crippen LogP contribution is -2.45. The number of nitrogens with zero attached hydrogens (tertiary/aromatic N) is 4. The van der Waals surface area contributed by atoms with Gasteiger partial charge in [-0.25, -0.2) is 4.98 Å². The second-order valence-electron chi connectivity index (χ2n) is 5.02. The van der Waals surface area contributed by atoms with E-state index in [0.29, 0.717) is 12.1 Å². The van der Waals surface area contributed by atoms with Gasteiger partial charge in [-0.1, -0.05) is 0 Å². The van der Waals surface area contributed by atoms with Gasteiger partial charge in [-0.2, -0.15) is 4.37 Å². The van der Waals surface area contributed by atoms with Gasteiger partial charge < -0.3 is 10.2 Å². The van der Waals surface area contributed by atoms with Gasteiger partial charge in [0.1, 0.15) is 0 Å². The molecule has 1 aliphatic rings. The molecular weight excluding hydrogens is 234 g/mol. The van der Waals surface area contributed by atoms with Crippen molar-refractivity contribution in [2.24, 2.45) is 0 Å². The van der Waals surface area contributed by atoms with Crippen LogP contribution in [0.4, 0.5) is 5.13 Å². The van der Waals surface area contributed by atoms with Crippen molar-refractivity contribution in [1.29, 1.82) is 0 Å². The molecule has 1 fully saturated rings. The van der Waals surface area contributed by atoms with Crippen LogP contribution in [0, 0.1) is 0 Å². The molecule has 0 spiro atoms. The lowest BCUT2D eigenvalue weighted by molar-refractivity contribution is 0.110. The number of nitrogens with one attached hydrogen (secondary N) is 1. The molecule has 1 aliphatic heterocycles. The minimum atomic E-state index is 0.327. The van der Waals surface area contributed by atoms with Crippen LogP contribution in [0.25, 0.3) is 0 Å². The Balaban J connectivity index is 2.07. The van der Waals surface area contributed by atoms with Gasteiger partial charge in [0.05, 0.1) is 6.04 Å². The number of likely N-dealkylation sites (N-methyl/N-ethyl adjacent to an activating group) is 2. The maximum atomic E-state index is 4.59. The molecule has 0 amide bonds. The summed E-state index contributed by atoms with van der Waals surface area (Å²) >= 11 is 1.46. The molecule has 0 saturated carbocycles. The summed E-state index contributed by atoms with van der Waals surface area (Å²) in [7, 11) is 4.30. The summed E-state index contributed by atoms with van der Waals surface area (Å²) in [5.41, 5.74) is 0. The highest BCUT2D eigenvalue weighted by atomic mass is 32.1. The van der Waals surface area contributed by atoms with Crippen molar-refractivity contribution in [3.05, 3.63) is 5.82 Å². The molecule has 17 heavy (non-hydrogen) atoms. The molecule has 1 unspecified atom stereocenters. The molecule has 0 aliphatic carbocycles. The van der Waals surface area contributed by atoms with Crippen molar-refractivity contribution in [3.63, 3.8) is 0 Å². The van der Waals surface area contributed by atoms with Crippen LogP contribution in [-0.2, 0) is 0 Å². The summed E-state index contributed by atoms with van der Waals surface area (Å²) in [6.45, 7) is 7.43. The lowest BCUT2D eigenvalue weighted by atomic mass is 10.2. The first-order valence-corrected chi connectivity index (χ1v) is 6.82. The molecule has 96 valence electrons. The molecule has 1 saturated heterocycles. The highest BCUT2D eigenvalue weighted by Crippen LogP contribution is 2.24. The summed E-state index contributed by atoms with van der Waals surface area (Å²) in [5.74, 6) is 0.951. The Morgan fingerprint density at radius 2 is 2.12 bits per heavy atom. The molecular formula is C11H21N5S. The predicted molar refractivity (Wildman–Crippen MR) is 71.5 cm³/mol. The molecule has 2 rings (SSSR count). The van der Waals surface area contributed by atoms with E-state index in [1.54, 1.807) is 0 Å². The molecule has 0 aromatic carbocycles. The zero-order valence-electron chi connectivity index (χ0n) is 11.0. The van der Waals surface area contributed by atoms with Crippen molar-refractivity contribution in [2.75, 3.05) is 39.0 Å². The summed E-state index contributed by atoms with van der Waals surface area (Å²) in [5, 5.41) is 4.23. The third-order valence-corrected chi connectivity index (χ3v) is 3.66. The Morgan fingerprint density at radius 3 is 2.82 bits per heavy atom. The van der Waals surface area contributed by atoms with Crippen molar-refractivity contribution >= 4 is 16.7 Å². The molecule has 1 N–H and O–H groups in total. The molecule has 1 aromatic rings. The summed E-state index contributed by atoms with van der Waals surface area (Å²) in [6.07, 6.45) is 0. The monoisotopic (exact) mass is 255 g/mol. The summed E-state index contributed by atoms with van der Waals surface area (Å²) in [6, 6.07) is 0.732. The molecule has 5 nitrogen and oxygen atoms in total. The van der Waals surface area contributed by atoms with E-state index in [-0.39, 0.29) is 0 Å². The van der Waals surface area contributed by atoms with Gasteiger partial charge in [-0.15, -0.1) is 0 Å². The Kier molecular flexibility index (Phi) is 3.96. The maximum Gasteiger partial charge on any atom is 0.202 e. The molecule has 2 heterocycles. The van der Waals surface area contributed by atoms with E-state index in [1.165, 1.54) is 11.5 Å². The van der Waals surface area contributed by atoms with E-state index in [4.69, 9.17) is 0 Å². The van der Waals surface area contributed by atoms with E-state index >= 15 is 0 Å². The Morgan fingerprint density at radius 1 is 1.35 bits per heavy atom. The van der Waals surface area contributed by atoms with Crippen LogP contribution in [0.3, 0.4) is 0 Å². The molecule has 0 radical (unpaired) electrons. The van der Waals surface area contributed by atoms with Crippen LogP contribution in [0.15, 0.2) is 0 Å². The van der Waals surface area contributed by atoms with Crippen LogP contribution < -0.4 is 5.32 Å². The molecule has 1 aromatic heterocycles. The second kappa shape index (κ2) is 5.29. The zero-order chi connectivity index (χ0) is 12.4. The van der Waals surface area contributed by atoms with Gasteiger partial charge in [0.2, 0.25) is 5.13 Å².